The molecular formula is C26H29NO5S. The molecule has 0 aliphatic rings. The van der Waals surface area contributed by atoms with Crippen molar-refractivity contribution in [1.82, 2.24) is 4.90 Å². The van der Waals surface area contributed by atoms with Gasteiger partial charge >= 0.3 is 6.09 Å². The van der Waals surface area contributed by atoms with Crippen molar-refractivity contribution >= 4 is 15.9 Å². The number of phenols is 1. The van der Waals surface area contributed by atoms with Crippen molar-refractivity contribution < 1.29 is 23.1 Å². The van der Waals surface area contributed by atoms with Crippen LogP contribution in [0.1, 0.15) is 31.9 Å². The van der Waals surface area contributed by atoms with Gasteiger partial charge in [0.15, 0.2) is 0 Å². The number of phenolic OH excluding ortho intramolecular Hbond substituents is 1. The highest BCUT2D eigenvalue weighted by Crippen LogP contribution is 2.23. The fourth-order valence-electron chi connectivity index (χ4n) is 3.23. The van der Waals surface area contributed by atoms with Crippen molar-refractivity contribution in [3.63, 3.8) is 0 Å². The van der Waals surface area contributed by atoms with Crippen molar-refractivity contribution in [3.8, 4) is 5.75 Å². The van der Waals surface area contributed by atoms with Gasteiger partial charge < -0.3 is 14.7 Å². The largest absolute Gasteiger partial charge is 0.508 e. The van der Waals surface area contributed by atoms with Crippen LogP contribution in [0.2, 0.25) is 0 Å². The minimum atomic E-state index is -3.67. The van der Waals surface area contributed by atoms with Gasteiger partial charge in [-0.1, -0.05) is 42.5 Å². The summed E-state index contributed by atoms with van der Waals surface area (Å²) < 4.78 is 31.2. The molecule has 0 aliphatic heterocycles. The van der Waals surface area contributed by atoms with E-state index in [1.165, 1.54) is 24.3 Å². The molecule has 1 amide bonds. The maximum Gasteiger partial charge on any atom is 0.410 e. The SMILES string of the molecule is CC(C)(C)OC(=O)N(CCc1ccc(S(=O)(=O)c2ccc(O)cc2)cc1)Cc1ccccc1. The summed E-state index contributed by atoms with van der Waals surface area (Å²) in [7, 11) is -3.67. The predicted octanol–water partition coefficient (Wildman–Crippen LogP) is 5.20. The number of ether oxygens (including phenoxy) is 1. The topological polar surface area (TPSA) is 83.9 Å². The number of amides is 1. The van der Waals surface area contributed by atoms with Gasteiger partial charge in [0.1, 0.15) is 11.4 Å². The van der Waals surface area contributed by atoms with Gasteiger partial charge in [0.25, 0.3) is 0 Å². The van der Waals surface area contributed by atoms with E-state index < -0.39 is 21.5 Å². The molecule has 0 aromatic heterocycles. The molecule has 7 heteroatoms. The van der Waals surface area contributed by atoms with Crippen LogP contribution in [0.15, 0.2) is 88.7 Å². The van der Waals surface area contributed by atoms with E-state index in [1.54, 1.807) is 29.2 Å². The number of nitrogens with zero attached hydrogens (tertiary/aromatic N) is 1. The molecule has 0 bridgehead atoms. The summed E-state index contributed by atoms with van der Waals surface area (Å²) in [6.07, 6.45) is 0.156. The maximum absolute atomic E-state index is 12.8. The second kappa shape index (κ2) is 10.1. The van der Waals surface area contributed by atoms with E-state index in [9.17, 15) is 18.3 Å². The average molecular weight is 468 g/mol. The maximum atomic E-state index is 12.8. The number of rotatable bonds is 7. The summed E-state index contributed by atoms with van der Waals surface area (Å²) in [6.45, 7) is 6.34. The van der Waals surface area contributed by atoms with E-state index >= 15 is 0 Å². The van der Waals surface area contributed by atoms with Crippen LogP contribution in [0.4, 0.5) is 4.79 Å². The quantitative estimate of drug-likeness (QED) is 0.516. The third-order valence-corrected chi connectivity index (χ3v) is 6.70. The smallest absolute Gasteiger partial charge is 0.410 e. The van der Waals surface area contributed by atoms with Gasteiger partial charge in [-0.25, -0.2) is 13.2 Å². The number of sulfone groups is 1. The van der Waals surface area contributed by atoms with Crippen LogP contribution in [0.3, 0.4) is 0 Å². The van der Waals surface area contributed by atoms with Gasteiger partial charge in [0, 0.05) is 13.1 Å². The highest BCUT2D eigenvalue weighted by atomic mass is 32.2. The minimum Gasteiger partial charge on any atom is -0.508 e. The number of carbonyl (C=O) groups is 1. The van der Waals surface area contributed by atoms with Crippen LogP contribution >= 0.6 is 0 Å². The first-order chi connectivity index (χ1) is 15.5. The Bertz CT molecular complexity index is 1170. The normalized spacial score (nSPS) is 11.7. The summed E-state index contributed by atoms with van der Waals surface area (Å²) in [4.78, 5) is 14.7. The highest BCUT2D eigenvalue weighted by Gasteiger charge is 2.22. The van der Waals surface area contributed by atoms with Crippen molar-refractivity contribution in [3.05, 3.63) is 90.0 Å². The van der Waals surface area contributed by atoms with Crippen LogP contribution in [-0.4, -0.2) is 36.7 Å². The summed E-state index contributed by atoms with van der Waals surface area (Å²) >= 11 is 0. The summed E-state index contributed by atoms with van der Waals surface area (Å²) in [5, 5.41) is 9.40. The summed E-state index contributed by atoms with van der Waals surface area (Å²) in [6, 6.07) is 21.8. The van der Waals surface area contributed by atoms with Crippen molar-refractivity contribution in [1.29, 1.82) is 0 Å². The fraction of sp³-hybridized carbons (Fsp3) is 0.269. The van der Waals surface area contributed by atoms with E-state index in [-0.39, 0.29) is 15.5 Å². The average Bonchev–Trinajstić information content (AvgIpc) is 2.76. The van der Waals surface area contributed by atoms with E-state index in [0.717, 1.165) is 11.1 Å². The Kier molecular flexibility index (Phi) is 7.43. The summed E-state index contributed by atoms with van der Waals surface area (Å²) in [5.74, 6) is 0.00865. The van der Waals surface area contributed by atoms with Crippen LogP contribution in [-0.2, 0) is 27.5 Å². The lowest BCUT2D eigenvalue weighted by molar-refractivity contribution is 0.0236. The Morgan fingerprint density at radius 3 is 1.94 bits per heavy atom. The van der Waals surface area contributed by atoms with Gasteiger partial charge in [0.2, 0.25) is 9.84 Å². The van der Waals surface area contributed by atoms with Gasteiger partial charge in [-0.3, -0.25) is 0 Å². The van der Waals surface area contributed by atoms with E-state index in [2.05, 4.69) is 0 Å². The molecule has 0 fully saturated rings. The molecule has 0 spiro atoms. The Balaban J connectivity index is 1.72. The zero-order chi connectivity index (χ0) is 24.1. The lowest BCUT2D eigenvalue weighted by Crippen LogP contribution is -2.37. The molecule has 174 valence electrons. The molecule has 3 rings (SSSR count). The predicted molar refractivity (Wildman–Crippen MR) is 127 cm³/mol. The number of hydrogen-bond donors (Lipinski definition) is 1. The van der Waals surface area contributed by atoms with E-state index in [1.807, 2.05) is 51.1 Å². The molecule has 0 atom stereocenters. The lowest BCUT2D eigenvalue weighted by Gasteiger charge is -2.27. The Morgan fingerprint density at radius 2 is 1.39 bits per heavy atom. The van der Waals surface area contributed by atoms with Crippen molar-refractivity contribution in [2.45, 2.75) is 49.1 Å². The Labute approximate surface area is 195 Å². The first kappa shape index (κ1) is 24.3. The molecule has 0 heterocycles. The number of carbonyl (C=O) groups excluding carboxylic acids is 1. The molecule has 0 saturated heterocycles. The van der Waals surface area contributed by atoms with Crippen molar-refractivity contribution in [2.24, 2.45) is 0 Å². The molecule has 0 saturated carbocycles. The third-order valence-electron chi connectivity index (χ3n) is 4.92. The number of aromatic hydroxyl groups is 1. The Hall–Kier alpha value is -3.32. The molecule has 0 unspecified atom stereocenters. The third kappa shape index (κ3) is 6.83. The fourth-order valence-corrected chi connectivity index (χ4v) is 4.49. The second-order valence-corrected chi connectivity index (χ2v) is 10.7. The van der Waals surface area contributed by atoms with E-state index in [4.69, 9.17) is 4.74 Å². The number of benzene rings is 3. The first-order valence-electron chi connectivity index (χ1n) is 10.7. The van der Waals surface area contributed by atoms with Crippen LogP contribution < -0.4 is 0 Å². The number of hydrogen-bond acceptors (Lipinski definition) is 5. The van der Waals surface area contributed by atoms with Gasteiger partial charge in [-0.2, -0.15) is 0 Å². The summed E-state index contributed by atoms with van der Waals surface area (Å²) in [5.41, 5.74) is 1.30. The zero-order valence-electron chi connectivity index (χ0n) is 19.1. The molecule has 33 heavy (non-hydrogen) atoms. The zero-order valence-corrected chi connectivity index (χ0v) is 19.9. The molecular weight excluding hydrogens is 438 g/mol. The lowest BCUT2D eigenvalue weighted by atomic mass is 10.1. The molecule has 1 N–H and O–H groups in total. The van der Waals surface area contributed by atoms with Crippen LogP contribution in [0, 0.1) is 0 Å². The molecule has 0 aliphatic carbocycles. The van der Waals surface area contributed by atoms with Crippen molar-refractivity contribution in [2.75, 3.05) is 6.54 Å². The van der Waals surface area contributed by atoms with Gasteiger partial charge in [-0.05, 0) is 74.7 Å². The first-order valence-corrected chi connectivity index (χ1v) is 12.2. The molecule has 3 aromatic rings. The second-order valence-electron chi connectivity index (χ2n) is 8.78. The molecule has 6 nitrogen and oxygen atoms in total. The highest BCUT2D eigenvalue weighted by molar-refractivity contribution is 7.91. The minimum absolute atomic E-state index is 0.00865. The Morgan fingerprint density at radius 1 is 0.848 bits per heavy atom. The standard InChI is InChI=1S/C26H29NO5S/c1-26(2,3)32-25(29)27(19-21-7-5-4-6-8-21)18-17-20-9-13-23(14-10-20)33(30,31)24-15-11-22(28)12-16-24/h4-16,28H,17-19H2,1-3H3. The molecule has 3 aromatic carbocycles. The van der Waals surface area contributed by atoms with Gasteiger partial charge in [0.05, 0.1) is 9.79 Å². The van der Waals surface area contributed by atoms with Crippen LogP contribution in [0.25, 0.3) is 0 Å². The monoisotopic (exact) mass is 467 g/mol. The van der Waals surface area contributed by atoms with E-state index in [0.29, 0.717) is 19.5 Å². The molecule has 0 radical (unpaired) electrons. The van der Waals surface area contributed by atoms with Gasteiger partial charge in [-0.15, -0.1) is 0 Å². The van der Waals surface area contributed by atoms with Crippen LogP contribution in [0.5, 0.6) is 5.75 Å².